The Kier molecular flexibility index (Phi) is 1.58. The number of nitrogens with two attached hydrogens (primary N) is 1. The van der Waals surface area contributed by atoms with Gasteiger partial charge in [-0.15, -0.1) is 0 Å². The molecule has 0 bridgehead atoms. The molecule has 0 unspecified atom stereocenters. The zero-order valence-corrected chi connectivity index (χ0v) is 6.74. The fraction of sp³-hybridized carbons (Fsp3) is 0. The van der Waals surface area contributed by atoms with Crippen molar-refractivity contribution < 1.29 is 4.79 Å². The zero-order valence-electron chi connectivity index (χ0n) is 6.74. The summed E-state index contributed by atoms with van der Waals surface area (Å²) in [5.41, 5.74) is 6.62. The van der Waals surface area contributed by atoms with Crippen LogP contribution >= 0.6 is 0 Å². The van der Waals surface area contributed by atoms with Gasteiger partial charge in [0.2, 0.25) is 5.91 Å². The van der Waals surface area contributed by atoms with Crippen LogP contribution in [0.3, 0.4) is 0 Å². The van der Waals surface area contributed by atoms with Gasteiger partial charge < -0.3 is 10.7 Å². The van der Waals surface area contributed by atoms with Crippen LogP contribution < -0.4 is 11.2 Å². The summed E-state index contributed by atoms with van der Waals surface area (Å²) in [5, 5.41) is 0.593. The van der Waals surface area contributed by atoms with Gasteiger partial charge in [-0.05, 0) is 12.3 Å². The van der Waals surface area contributed by atoms with Gasteiger partial charge >= 0.3 is 0 Å². The highest BCUT2D eigenvalue weighted by Gasteiger charge is 2.09. The Labute approximate surface area is 75.6 Å². The number of nitrogens with one attached hydrogen (secondary N) is 1. The molecule has 62 valence electrons. The highest BCUT2D eigenvalue weighted by atomic mass is 16.1. The van der Waals surface area contributed by atoms with Crippen LogP contribution in [0.5, 0.6) is 0 Å². The van der Waals surface area contributed by atoms with E-state index in [0.717, 1.165) is 0 Å². The third-order valence-corrected chi connectivity index (χ3v) is 1.87. The number of primary amides is 1. The van der Waals surface area contributed by atoms with E-state index < -0.39 is 5.91 Å². The second kappa shape index (κ2) is 2.62. The number of nitrogens with zero attached hydrogens (tertiary/aromatic N) is 1. The van der Waals surface area contributed by atoms with E-state index in [2.05, 4.69) is 9.97 Å². The Morgan fingerprint density at radius 1 is 1.62 bits per heavy atom. The van der Waals surface area contributed by atoms with E-state index >= 15 is 0 Å². The van der Waals surface area contributed by atoms with Gasteiger partial charge in [-0.1, -0.05) is 5.46 Å². The van der Waals surface area contributed by atoms with Crippen LogP contribution in [0.4, 0.5) is 0 Å². The third kappa shape index (κ3) is 1.09. The lowest BCUT2D eigenvalue weighted by atomic mass is 9.94. The van der Waals surface area contributed by atoms with E-state index in [9.17, 15) is 4.79 Å². The predicted octanol–water partition coefficient (Wildman–Crippen LogP) is -0.544. The van der Waals surface area contributed by atoms with Gasteiger partial charge in [0.15, 0.2) is 0 Å². The molecule has 3 N–H and O–H groups in total. The predicted molar refractivity (Wildman–Crippen MR) is 50.0 cm³/mol. The molecule has 0 saturated carbocycles. The summed E-state index contributed by atoms with van der Waals surface area (Å²) in [6.07, 6.45) is 3.10. The van der Waals surface area contributed by atoms with Gasteiger partial charge in [0, 0.05) is 11.6 Å². The standard InChI is InChI=1S/C8H6BN3O/c9-5-3-12-8-6(5)4(7(10)13)1-2-11-8/h1-3H,(H2,10,13)(H,11,12). The molecule has 4 nitrogen and oxygen atoms in total. The number of H-pyrrole nitrogens is 1. The largest absolute Gasteiger partial charge is 0.366 e. The van der Waals surface area contributed by atoms with Crippen molar-refractivity contribution in [2.24, 2.45) is 5.73 Å². The maximum absolute atomic E-state index is 11.0. The average Bonchev–Trinajstić information content (AvgIpc) is 2.48. The molecule has 2 aromatic rings. The lowest BCUT2D eigenvalue weighted by Gasteiger charge is -1.97. The minimum Gasteiger partial charge on any atom is -0.366 e. The summed E-state index contributed by atoms with van der Waals surface area (Å²) in [5.74, 6) is -0.501. The molecule has 0 fully saturated rings. The normalized spacial score (nSPS) is 10.5. The molecular weight excluding hydrogens is 165 g/mol. The molecular formula is C8H6BN3O. The number of pyridine rings is 1. The number of aromatic amines is 1. The first-order valence-corrected chi connectivity index (χ1v) is 3.71. The van der Waals surface area contributed by atoms with Gasteiger partial charge in [-0.25, -0.2) is 4.98 Å². The summed E-state index contributed by atoms with van der Waals surface area (Å²) < 4.78 is 0. The third-order valence-electron chi connectivity index (χ3n) is 1.87. The van der Waals surface area contributed by atoms with Crippen molar-refractivity contribution in [1.29, 1.82) is 0 Å². The molecule has 0 atom stereocenters. The molecule has 5 heteroatoms. The van der Waals surface area contributed by atoms with Crippen LogP contribution in [-0.4, -0.2) is 23.7 Å². The molecule has 1 amide bonds. The van der Waals surface area contributed by atoms with Crippen molar-refractivity contribution in [3.8, 4) is 0 Å². The minimum atomic E-state index is -0.501. The first kappa shape index (κ1) is 7.85. The van der Waals surface area contributed by atoms with Gasteiger partial charge in [0.1, 0.15) is 13.5 Å². The van der Waals surface area contributed by atoms with Crippen LogP contribution in [0, 0.1) is 0 Å². The maximum atomic E-state index is 11.0. The van der Waals surface area contributed by atoms with Gasteiger partial charge in [-0.2, -0.15) is 0 Å². The fourth-order valence-electron chi connectivity index (χ4n) is 1.29. The van der Waals surface area contributed by atoms with E-state index in [1.807, 2.05) is 0 Å². The summed E-state index contributed by atoms with van der Waals surface area (Å²) in [6, 6.07) is 1.55. The van der Waals surface area contributed by atoms with Crippen LogP contribution in [0.15, 0.2) is 18.5 Å². The van der Waals surface area contributed by atoms with Crippen LogP contribution in [-0.2, 0) is 0 Å². The Bertz CT molecular complexity index is 477. The lowest BCUT2D eigenvalue weighted by Crippen LogP contribution is -2.14. The van der Waals surface area contributed by atoms with Gasteiger partial charge in [-0.3, -0.25) is 4.79 Å². The zero-order chi connectivity index (χ0) is 9.42. The van der Waals surface area contributed by atoms with Gasteiger partial charge in [0.05, 0.1) is 5.56 Å². The number of hydrogen-bond donors (Lipinski definition) is 2. The van der Waals surface area contributed by atoms with Crippen LogP contribution in [0.25, 0.3) is 11.0 Å². The van der Waals surface area contributed by atoms with Crippen molar-refractivity contribution in [2.75, 3.05) is 0 Å². The van der Waals surface area contributed by atoms with Gasteiger partial charge in [0.25, 0.3) is 0 Å². The van der Waals surface area contributed by atoms with Crippen molar-refractivity contribution in [1.82, 2.24) is 9.97 Å². The quantitative estimate of drug-likeness (QED) is 0.565. The topological polar surface area (TPSA) is 71.8 Å². The molecule has 2 rings (SSSR count). The second-order valence-corrected chi connectivity index (χ2v) is 2.69. The molecule has 2 heterocycles. The molecule has 0 aliphatic heterocycles. The fourth-order valence-corrected chi connectivity index (χ4v) is 1.29. The lowest BCUT2D eigenvalue weighted by molar-refractivity contribution is 0.100. The molecule has 0 spiro atoms. The number of amides is 1. The van der Waals surface area contributed by atoms with E-state index in [-0.39, 0.29) is 0 Å². The van der Waals surface area contributed by atoms with E-state index in [1.54, 1.807) is 12.3 Å². The molecule has 13 heavy (non-hydrogen) atoms. The summed E-state index contributed by atoms with van der Waals surface area (Å²) >= 11 is 0. The van der Waals surface area contributed by atoms with Crippen molar-refractivity contribution in [2.45, 2.75) is 0 Å². The highest BCUT2D eigenvalue weighted by Crippen LogP contribution is 2.11. The van der Waals surface area contributed by atoms with Crippen molar-refractivity contribution in [3.63, 3.8) is 0 Å². The molecule has 2 radical (unpaired) electrons. The molecule has 2 aromatic heterocycles. The summed E-state index contributed by atoms with van der Waals surface area (Å²) in [6.45, 7) is 0. The van der Waals surface area contributed by atoms with Crippen molar-refractivity contribution in [3.05, 3.63) is 24.0 Å². The number of fused-ring (bicyclic) bond motifs is 1. The van der Waals surface area contributed by atoms with Crippen molar-refractivity contribution >= 4 is 30.2 Å². The number of aromatic nitrogens is 2. The number of hydrogen-bond acceptors (Lipinski definition) is 2. The number of rotatable bonds is 1. The Morgan fingerprint density at radius 2 is 2.38 bits per heavy atom. The maximum Gasteiger partial charge on any atom is 0.249 e. The minimum absolute atomic E-state index is 0.392. The first-order valence-electron chi connectivity index (χ1n) is 3.71. The highest BCUT2D eigenvalue weighted by molar-refractivity contribution is 6.40. The second-order valence-electron chi connectivity index (χ2n) is 2.69. The molecule has 0 aliphatic rings. The van der Waals surface area contributed by atoms with E-state index in [0.29, 0.717) is 22.1 Å². The van der Waals surface area contributed by atoms with E-state index in [1.165, 1.54) is 6.20 Å². The Morgan fingerprint density at radius 3 is 3.08 bits per heavy atom. The van der Waals surface area contributed by atoms with Crippen LogP contribution in [0.2, 0.25) is 0 Å². The molecule has 0 aliphatic carbocycles. The SMILES string of the molecule is [B]c1c[nH]c2nccc(C(N)=O)c12. The number of carbonyl (C=O) groups is 1. The summed E-state index contributed by atoms with van der Waals surface area (Å²) in [4.78, 5) is 17.8. The van der Waals surface area contributed by atoms with E-state index in [4.69, 9.17) is 13.6 Å². The molecule has 0 saturated heterocycles. The summed E-state index contributed by atoms with van der Waals surface area (Å²) in [7, 11) is 5.64. The smallest absolute Gasteiger partial charge is 0.249 e. The first-order chi connectivity index (χ1) is 6.20. The van der Waals surface area contributed by atoms with Crippen LogP contribution in [0.1, 0.15) is 10.4 Å². The Balaban J connectivity index is 2.88. The monoisotopic (exact) mass is 171 g/mol. The average molecular weight is 171 g/mol. The number of carbonyl (C=O) groups excluding carboxylic acids is 1. The molecule has 0 aromatic carbocycles. The Hall–Kier alpha value is -1.78.